The summed E-state index contributed by atoms with van der Waals surface area (Å²) in [4.78, 5) is 0. The van der Waals surface area contributed by atoms with Crippen LogP contribution >= 0.6 is 11.6 Å². The third-order valence-electron chi connectivity index (χ3n) is 2.81. The van der Waals surface area contributed by atoms with Crippen LogP contribution in [0.4, 0.5) is 8.78 Å². The summed E-state index contributed by atoms with van der Waals surface area (Å²) in [6, 6.07) is 2.29. The maximum absolute atomic E-state index is 13.5. The number of hydrogen-bond acceptors (Lipinski definition) is 0. The van der Waals surface area contributed by atoms with Gasteiger partial charge in [-0.05, 0) is 36.0 Å². The van der Waals surface area contributed by atoms with E-state index in [1.54, 1.807) is 0 Å². The van der Waals surface area contributed by atoms with E-state index in [-0.39, 0.29) is 11.3 Å². The van der Waals surface area contributed by atoms with Crippen molar-refractivity contribution in [3.05, 3.63) is 34.9 Å². The molecule has 0 heterocycles. The van der Waals surface area contributed by atoms with Crippen molar-refractivity contribution in [2.75, 3.05) is 0 Å². The highest BCUT2D eigenvalue weighted by Gasteiger charge is 2.26. The lowest BCUT2D eigenvalue weighted by Crippen LogP contribution is -2.12. The molecule has 0 aliphatic heterocycles. The highest BCUT2D eigenvalue weighted by atomic mass is 35.5. The lowest BCUT2D eigenvalue weighted by molar-refractivity contribution is 0.509. The minimum atomic E-state index is -0.541. The van der Waals surface area contributed by atoms with Crippen LogP contribution in [-0.4, -0.2) is 0 Å². The van der Waals surface area contributed by atoms with E-state index >= 15 is 0 Å². The molecular weight excluding hydrogens is 206 g/mol. The van der Waals surface area contributed by atoms with E-state index in [9.17, 15) is 8.78 Å². The van der Waals surface area contributed by atoms with Gasteiger partial charge in [-0.3, -0.25) is 0 Å². The quantitative estimate of drug-likeness (QED) is 0.572. The summed E-state index contributed by atoms with van der Waals surface area (Å²) in [7, 11) is 0. The molecule has 1 aromatic carbocycles. The molecule has 3 heteroatoms. The third kappa shape index (κ3) is 1.52. The van der Waals surface area contributed by atoms with Crippen LogP contribution in [0.3, 0.4) is 0 Å². The fraction of sp³-hybridized carbons (Fsp3) is 0.455. The van der Waals surface area contributed by atoms with Gasteiger partial charge in [0.15, 0.2) is 0 Å². The average molecular weight is 217 g/mol. The predicted octanol–water partition coefficient (Wildman–Crippen LogP) is 4.14. The summed E-state index contributed by atoms with van der Waals surface area (Å²) in [6.07, 6.45) is 1.66. The van der Waals surface area contributed by atoms with Crippen molar-refractivity contribution in [3.63, 3.8) is 0 Å². The van der Waals surface area contributed by atoms with Crippen molar-refractivity contribution in [2.45, 2.75) is 31.1 Å². The van der Waals surface area contributed by atoms with Gasteiger partial charge >= 0.3 is 0 Å². The van der Waals surface area contributed by atoms with E-state index in [1.807, 2.05) is 6.92 Å². The fourth-order valence-electron chi connectivity index (χ4n) is 2.08. The maximum Gasteiger partial charge on any atom is 0.129 e. The average Bonchev–Trinajstić information content (AvgIpc) is 2.10. The summed E-state index contributed by atoms with van der Waals surface area (Å²) >= 11 is 6.02. The fourth-order valence-corrected chi connectivity index (χ4v) is 2.39. The Morgan fingerprint density at radius 3 is 2.71 bits per heavy atom. The number of halogens is 3. The van der Waals surface area contributed by atoms with Gasteiger partial charge in [-0.25, -0.2) is 8.78 Å². The van der Waals surface area contributed by atoms with E-state index < -0.39 is 11.6 Å². The molecule has 1 aliphatic rings. The monoisotopic (exact) mass is 216 g/mol. The van der Waals surface area contributed by atoms with E-state index in [4.69, 9.17) is 11.6 Å². The second-order valence-electron chi connectivity index (χ2n) is 3.84. The molecule has 0 amide bonds. The Bertz CT molecular complexity index is 363. The van der Waals surface area contributed by atoms with Crippen LogP contribution in [-0.2, 0) is 0 Å². The minimum absolute atomic E-state index is 0.139. The lowest BCUT2D eigenvalue weighted by Gasteiger charge is -2.26. The highest BCUT2D eigenvalue weighted by molar-refractivity contribution is 6.21. The van der Waals surface area contributed by atoms with Crippen LogP contribution in [0, 0.1) is 11.6 Å². The van der Waals surface area contributed by atoms with Crippen molar-refractivity contribution < 1.29 is 8.78 Å². The van der Waals surface area contributed by atoms with Gasteiger partial charge in [0.2, 0.25) is 0 Å². The van der Waals surface area contributed by atoms with Gasteiger partial charge in [-0.15, -0.1) is 11.6 Å². The second-order valence-corrected chi connectivity index (χ2v) is 4.36. The topological polar surface area (TPSA) is 0 Å². The van der Waals surface area contributed by atoms with Gasteiger partial charge in [-0.1, -0.05) is 6.92 Å². The first kappa shape index (κ1) is 9.91. The zero-order valence-electron chi connectivity index (χ0n) is 7.86. The maximum atomic E-state index is 13.5. The largest absolute Gasteiger partial charge is 0.207 e. The molecular formula is C11H11ClF2. The summed E-state index contributed by atoms with van der Waals surface area (Å²) in [5.41, 5.74) is 1.22. The molecule has 1 aromatic rings. The first-order valence-corrected chi connectivity index (χ1v) is 5.16. The van der Waals surface area contributed by atoms with E-state index in [1.165, 1.54) is 6.07 Å². The smallest absolute Gasteiger partial charge is 0.129 e. The zero-order chi connectivity index (χ0) is 10.3. The molecule has 0 bridgehead atoms. The normalized spacial score (nSPS) is 26.0. The molecule has 0 nitrogen and oxygen atoms in total. The van der Waals surface area contributed by atoms with Crippen LogP contribution in [0.25, 0.3) is 0 Å². The molecule has 0 N–H and O–H groups in total. The number of benzene rings is 1. The zero-order valence-corrected chi connectivity index (χ0v) is 8.61. The van der Waals surface area contributed by atoms with Gasteiger partial charge in [-0.2, -0.15) is 0 Å². The van der Waals surface area contributed by atoms with Gasteiger partial charge in [0.25, 0.3) is 0 Å². The number of alkyl halides is 1. The first-order valence-electron chi connectivity index (χ1n) is 4.72. The van der Waals surface area contributed by atoms with Crippen LogP contribution in [0.5, 0.6) is 0 Å². The van der Waals surface area contributed by atoms with Gasteiger partial charge in [0.05, 0.1) is 5.38 Å². The predicted molar refractivity (Wildman–Crippen MR) is 52.6 cm³/mol. The number of hydrogen-bond donors (Lipinski definition) is 0. The Morgan fingerprint density at radius 2 is 2.00 bits per heavy atom. The van der Waals surface area contributed by atoms with Crippen LogP contribution in [0.1, 0.15) is 42.2 Å². The molecule has 0 spiro atoms. The van der Waals surface area contributed by atoms with Crippen LogP contribution in [0.15, 0.2) is 12.1 Å². The van der Waals surface area contributed by atoms with Crippen LogP contribution < -0.4 is 0 Å². The Hall–Kier alpha value is -0.630. The molecule has 0 saturated heterocycles. The molecule has 2 atom stereocenters. The lowest BCUT2D eigenvalue weighted by atomic mass is 9.83. The van der Waals surface area contributed by atoms with Gasteiger partial charge in [0, 0.05) is 6.07 Å². The Kier molecular flexibility index (Phi) is 2.48. The molecule has 2 rings (SSSR count). The standard InChI is InChI=1S/C11H11ClF2/c1-6-2-3-9(12)8-4-7(13)5-10(14)11(6)8/h4-6,9H,2-3H2,1H3. The Labute approximate surface area is 86.9 Å². The molecule has 0 saturated carbocycles. The highest BCUT2D eigenvalue weighted by Crippen LogP contribution is 2.42. The van der Waals surface area contributed by atoms with E-state index in [0.717, 1.165) is 18.9 Å². The molecule has 76 valence electrons. The molecule has 0 fully saturated rings. The van der Waals surface area contributed by atoms with Crippen molar-refractivity contribution >= 4 is 11.6 Å². The summed E-state index contributed by atoms with van der Waals surface area (Å²) in [6.45, 7) is 1.95. The summed E-state index contributed by atoms with van der Waals surface area (Å²) in [5.74, 6) is -0.862. The third-order valence-corrected chi connectivity index (χ3v) is 3.26. The molecule has 0 radical (unpaired) electrons. The van der Waals surface area contributed by atoms with Crippen molar-refractivity contribution in [1.29, 1.82) is 0 Å². The Balaban J connectivity index is 2.60. The van der Waals surface area contributed by atoms with Crippen molar-refractivity contribution in [3.8, 4) is 0 Å². The summed E-state index contributed by atoms with van der Waals surface area (Å²) < 4.78 is 26.4. The van der Waals surface area contributed by atoms with E-state index in [2.05, 4.69) is 0 Å². The molecule has 14 heavy (non-hydrogen) atoms. The van der Waals surface area contributed by atoms with Crippen molar-refractivity contribution in [1.82, 2.24) is 0 Å². The number of rotatable bonds is 0. The van der Waals surface area contributed by atoms with Gasteiger partial charge < -0.3 is 0 Å². The molecule has 0 aromatic heterocycles. The van der Waals surface area contributed by atoms with E-state index in [0.29, 0.717) is 11.1 Å². The SMILES string of the molecule is CC1CCC(Cl)c2cc(F)cc(F)c21. The molecule has 2 unspecified atom stereocenters. The molecule has 1 aliphatic carbocycles. The summed E-state index contributed by atoms with van der Waals surface area (Å²) in [5, 5.41) is -0.244. The van der Waals surface area contributed by atoms with Crippen LogP contribution in [0.2, 0.25) is 0 Å². The van der Waals surface area contributed by atoms with Crippen molar-refractivity contribution in [2.24, 2.45) is 0 Å². The minimum Gasteiger partial charge on any atom is -0.207 e. The number of fused-ring (bicyclic) bond motifs is 1. The first-order chi connectivity index (χ1) is 6.59. The second kappa shape index (κ2) is 3.50. The Morgan fingerprint density at radius 1 is 1.29 bits per heavy atom. The van der Waals surface area contributed by atoms with Gasteiger partial charge in [0.1, 0.15) is 11.6 Å².